The van der Waals surface area contributed by atoms with Crippen LogP contribution in [0.2, 0.25) is 0 Å². The Morgan fingerprint density at radius 3 is 2.48 bits per heavy atom. The third-order valence-corrected chi connectivity index (χ3v) is 3.30. The van der Waals surface area contributed by atoms with Crippen molar-refractivity contribution in [1.82, 2.24) is 10.2 Å². The maximum absolute atomic E-state index is 7.82. The Morgan fingerprint density at radius 2 is 2.00 bits per heavy atom. The van der Waals surface area contributed by atoms with Crippen LogP contribution in [0.25, 0.3) is 0 Å². The zero-order valence-corrected chi connectivity index (χ0v) is 13.2. The SMILES string of the molecule is CCc1nnc(NCC(COC)OC)c(C(=N)N)c1CC. The Hall–Kier alpha value is -1.73. The molecule has 0 aliphatic rings. The molecule has 0 amide bonds. The van der Waals surface area contributed by atoms with Gasteiger partial charge in [0.1, 0.15) is 5.84 Å². The van der Waals surface area contributed by atoms with Gasteiger partial charge in [-0.05, 0) is 18.4 Å². The highest BCUT2D eigenvalue weighted by Crippen LogP contribution is 2.20. The van der Waals surface area contributed by atoms with E-state index in [1.165, 1.54) is 0 Å². The maximum Gasteiger partial charge on any atom is 0.160 e. The van der Waals surface area contributed by atoms with Gasteiger partial charge < -0.3 is 20.5 Å². The number of aryl methyl sites for hydroxylation is 1. The van der Waals surface area contributed by atoms with E-state index in [-0.39, 0.29) is 11.9 Å². The van der Waals surface area contributed by atoms with E-state index in [0.717, 1.165) is 24.1 Å². The van der Waals surface area contributed by atoms with Crippen LogP contribution >= 0.6 is 0 Å². The number of methoxy groups -OCH3 is 2. The summed E-state index contributed by atoms with van der Waals surface area (Å²) >= 11 is 0. The van der Waals surface area contributed by atoms with E-state index in [4.69, 9.17) is 20.6 Å². The molecule has 7 nitrogen and oxygen atoms in total. The fraction of sp³-hybridized carbons (Fsp3) is 0.643. The summed E-state index contributed by atoms with van der Waals surface area (Å²) < 4.78 is 10.4. The third kappa shape index (κ3) is 4.37. The monoisotopic (exact) mass is 295 g/mol. The van der Waals surface area contributed by atoms with E-state index in [0.29, 0.717) is 24.5 Å². The van der Waals surface area contributed by atoms with Gasteiger partial charge in [0.05, 0.1) is 24.0 Å². The highest BCUT2D eigenvalue weighted by Gasteiger charge is 2.17. The summed E-state index contributed by atoms with van der Waals surface area (Å²) in [7, 11) is 3.25. The molecule has 118 valence electrons. The number of hydrogen-bond acceptors (Lipinski definition) is 6. The van der Waals surface area contributed by atoms with Crippen LogP contribution < -0.4 is 11.1 Å². The Balaban J connectivity index is 3.04. The van der Waals surface area contributed by atoms with Gasteiger partial charge in [0.2, 0.25) is 0 Å². The van der Waals surface area contributed by atoms with Gasteiger partial charge in [0, 0.05) is 20.8 Å². The van der Waals surface area contributed by atoms with Crippen molar-refractivity contribution in [2.24, 2.45) is 5.73 Å². The molecule has 0 aliphatic carbocycles. The number of hydrogen-bond donors (Lipinski definition) is 3. The molecule has 1 aromatic rings. The minimum absolute atomic E-state index is 0.000316. The van der Waals surface area contributed by atoms with Crippen LogP contribution in [-0.2, 0) is 22.3 Å². The first-order chi connectivity index (χ1) is 10.1. The first-order valence-electron chi connectivity index (χ1n) is 7.07. The molecule has 0 radical (unpaired) electrons. The molecule has 0 saturated heterocycles. The molecular weight excluding hydrogens is 270 g/mol. The summed E-state index contributed by atoms with van der Waals surface area (Å²) in [6, 6.07) is 0. The van der Waals surface area contributed by atoms with Crippen molar-refractivity contribution in [1.29, 1.82) is 5.41 Å². The molecule has 0 aliphatic heterocycles. The molecule has 1 rings (SSSR count). The Labute approximate surface area is 125 Å². The lowest BCUT2D eigenvalue weighted by Crippen LogP contribution is -2.29. The molecule has 1 atom stereocenters. The van der Waals surface area contributed by atoms with Gasteiger partial charge in [-0.1, -0.05) is 13.8 Å². The number of nitrogens with two attached hydrogens (primary N) is 1. The highest BCUT2D eigenvalue weighted by molar-refractivity contribution is 6.01. The summed E-state index contributed by atoms with van der Waals surface area (Å²) in [6.07, 6.45) is 1.42. The minimum Gasteiger partial charge on any atom is -0.384 e. The molecule has 4 N–H and O–H groups in total. The zero-order valence-electron chi connectivity index (χ0n) is 13.2. The van der Waals surface area contributed by atoms with E-state index in [2.05, 4.69) is 15.5 Å². The molecule has 0 saturated carbocycles. The second-order valence-corrected chi connectivity index (χ2v) is 4.66. The molecule has 1 heterocycles. The number of nitrogen functional groups attached to an aromatic ring is 1. The minimum atomic E-state index is -0.104. The summed E-state index contributed by atoms with van der Waals surface area (Å²) in [5.41, 5.74) is 8.23. The zero-order chi connectivity index (χ0) is 15.8. The van der Waals surface area contributed by atoms with Crippen molar-refractivity contribution in [3.05, 3.63) is 16.8 Å². The van der Waals surface area contributed by atoms with Crippen LogP contribution in [0, 0.1) is 5.41 Å². The second-order valence-electron chi connectivity index (χ2n) is 4.66. The normalized spacial score (nSPS) is 12.2. The number of nitrogens with zero attached hydrogens (tertiary/aromatic N) is 2. The number of ether oxygens (including phenoxy) is 2. The molecule has 0 spiro atoms. The number of anilines is 1. The quantitative estimate of drug-likeness (QED) is 0.463. The van der Waals surface area contributed by atoms with E-state index in [1.54, 1.807) is 14.2 Å². The topological polar surface area (TPSA) is 106 Å². The van der Waals surface area contributed by atoms with Crippen LogP contribution in [0.5, 0.6) is 0 Å². The van der Waals surface area contributed by atoms with E-state index < -0.39 is 0 Å². The van der Waals surface area contributed by atoms with E-state index in [9.17, 15) is 0 Å². The van der Waals surface area contributed by atoms with E-state index >= 15 is 0 Å². The number of amidine groups is 1. The Bertz CT molecular complexity index is 479. The van der Waals surface area contributed by atoms with Crippen LogP contribution in [0.1, 0.15) is 30.7 Å². The lowest BCUT2D eigenvalue weighted by molar-refractivity contribution is 0.0365. The lowest BCUT2D eigenvalue weighted by atomic mass is 10.0. The predicted molar refractivity (Wildman–Crippen MR) is 83.0 cm³/mol. The van der Waals surface area contributed by atoms with Gasteiger partial charge in [0.15, 0.2) is 5.82 Å². The van der Waals surface area contributed by atoms with E-state index in [1.807, 2.05) is 13.8 Å². The van der Waals surface area contributed by atoms with Gasteiger partial charge in [-0.25, -0.2) is 0 Å². The molecule has 21 heavy (non-hydrogen) atoms. The van der Waals surface area contributed by atoms with Crippen LogP contribution in [0.3, 0.4) is 0 Å². The largest absolute Gasteiger partial charge is 0.384 e. The van der Waals surface area contributed by atoms with Crippen molar-refractivity contribution in [2.45, 2.75) is 32.8 Å². The number of aromatic nitrogens is 2. The second kappa shape index (κ2) is 8.53. The smallest absolute Gasteiger partial charge is 0.160 e. The highest BCUT2D eigenvalue weighted by atomic mass is 16.5. The number of rotatable bonds is 9. The number of nitrogens with one attached hydrogen (secondary N) is 2. The van der Waals surface area contributed by atoms with Gasteiger partial charge in [-0.3, -0.25) is 5.41 Å². The average Bonchev–Trinajstić information content (AvgIpc) is 2.49. The fourth-order valence-corrected chi connectivity index (χ4v) is 2.19. The summed E-state index contributed by atoms with van der Waals surface area (Å²) in [6.45, 7) is 5.02. The van der Waals surface area contributed by atoms with Crippen LogP contribution in [0.15, 0.2) is 0 Å². The molecule has 7 heteroatoms. The standard InChI is InChI=1S/C14H25N5O2/c1-5-10-11(6-2)18-19-14(12(10)13(15)16)17-7-9(21-4)8-20-3/h9H,5-8H2,1-4H3,(H3,15,16)(H,17,19). The van der Waals surface area contributed by atoms with Crippen molar-refractivity contribution in [3.8, 4) is 0 Å². The van der Waals surface area contributed by atoms with Crippen molar-refractivity contribution in [3.63, 3.8) is 0 Å². The average molecular weight is 295 g/mol. The molecular formula is C14H25N5O2. The molecule has 1 aromatic heterocycles. The summed E-state index contributed by atoms with van der Waals surface area (Å²) in [5.74, 6) is 0.523. The predicted octanol–water partition coefficient (Wildman–Crippen LogP) is 0.959. The van der Waals surface area contributed by atoms with Gasteiger partial charge >= 0.3 is 0 Å². The van der Waals surface area contributed by atoms with Crippen molar-refractivity contribution in [2.75, 3.05) is 32.7 Å². The first-order valence-corrected chi connectivity index (χ1v) is 7.07. The summed E-state index contributed by atoms with van der Waals surface area (Å²) in [4.78, 5) is 0. The summed E-state index contributed by atoms with van der Waals surface area (Å²) in [5, 5.41) is 19.4. The Kier molecular flexibility index (Phi) is 7.04. The van der Waals surface area contributed by atoms with Gasteiger partial charge in [-0.15, -0.1) is 5.10 Å². The lowest BCUT2D eigenvalue weighted by Gasteiger charge is -2.18. The fourth-order valence-electron chi connectivity index (χ4n) is 2.19. The van der Waals surface area contributed by atoms with Crippen molar-refractivity contribution < 1.29 is 9.47 Å². The van der Waals surface area contributed by atoms with Gasteiger partial charge in [-0.2, -0.15) is 5.10 Å². The Morgan fingerprint density at radius 1 is 1.29 bits per heavy atom. The molecule has 1 unspecified atom stereocenters. The molecule has 0 aromatic carbocycles. The molecule has 0 bridgehead atoms. The van der Waals surface area contributed by atoms with Crippen molar-refractivity contribution >= 4 is 11.7 Å². The van der Waals surface area contributed by atoms with Crippen LogP contribution in [-0.4, -0.2) is 49.5 Å². The third-order valence-electron chi connectivity index (χ3n) is 3.30. The molecule has 0 fully saturated rings. The maximum atomic E-state index is 7.82. The van der Waals surface area contributed by atoms with Gasteiger partial charge in [0.25, 0.3) is 0 Å². The first kappa shape index (κ1) is 17.3. The van der Waals surface area contributed by atoms with Crippen LogP contribution in [0.4, 0.5) is 5.82 Å².